The summed E-state index contributed by atoms with van der Waals surface area (Å²) < 4.78 is 50.2. The molecule has 0 aliphatic heterocycles. The highest BCUT2D eigenvalue weighted by Crippen LogP contribution is 2.66. The zero-order chi connectivity index (χ0) is 14.8. The van der Waals surface area contributed by atoms with E-state index in [1.54, 1.807) is 6.92 Å². The topological polar surface area (TPSA) is 78.9 Å². The Morgan fingerprint density at radius 3 is 2.00 bits per heavy atom. The summed E-state index contributed by atoms with van der Waals surface area (Å²) in [6.07, 6.45) is 2.96. The van der Waals surface area contributed by atoms with E-state index >= 15 is 0 Å². The molecule has 0 aromatic carbocycles. The maximum atomic E-state index is 12.5. The van der Waals surface area contributed by atoms with Crippen molar-refractivity contribution in [2.24, 2.45) is 0 Å². The Kier molecular flexibility index (Phi) is 10.4. The number of hydrogen-bond acceptors (Lipinski definition) is 6. The van der Waals surface area contributed by atoms with Crippen LogP contribution in [0.1, 0.15) is 46.5 Å². The van der Waals surface area contributed by atoms with Gasteiger partial charge in [0, 0.05) is 0 Å². The average Bonchev–Trinajstić information content (AvgIpc) is 2.29. The summed E-state index contributed by atoms with van der Waals surface area (Å²) >= 11 is 0. The predicted molar refractivity (Wildman–Crippen MR) is 76.2 cm³/mol. The van der Waals surface area contributed by atoms with E-state index in [2.05, 4.69) is 4.31 Å². The van der Waals surface area contributed by atoms with Gasteiger partial charge in [0.15, 0.2) is 0 Å². The van der Waals surface area contributed by atoms with Gasteiger partial charge in [0.05, 0.1) is 18.9 Å². The van der Waals surface area contributed by atoms with Crippen molar-refractivity contribution in [3.05, 3.63) is 0 Å². The van der Waals surface area contributed by atoms with Crippen LogP contribution in [0.5, 0.6) is 0 Å². The highest BCUT2D eigenvalue weighted by atomic mass is 31.3. The monoisotopic (exact) mass is 332 g/mol. The van der Waals surface area contributed by atoms with Crippen LogP contribution < -0.4 is 0 Å². The maximum absolute atomic E-state index is 12.5. The molecule has 9 heteroatoms. The van der Waals surface area contributed by atoms with Crippen molar-refractivity contribution in [1.29, 1.82) is 0 Å². The second-order valence-corrected chi connectivity index (χ2v) is 9.15. The first-order chi connectivity index (χ1) is 8.95. The van der Waals surface area contributed by atoms with Crippen LogP contribution in [0.3, 0.4) is 0 Å². The molecular formula is C10H23O6P3. The Morgan fingerprint density at radius 2 is 1.53 bits per heavy atom. The van der Waals surface area contributed by atoms with Gasteiger partial charge < -0.3 is 4.52 Å². The first-order valence-electron chi connectivity index (χ1n) is 6.50. The van der Waals surface area contributed by atoms with Crippen LogP contribution in [0.15, 0.2) is 0 Å². The molecule has 0 aliphatic carbocycles. The summed E-state index contributed by atoms with van der Waals surface area (Å²) in [5.74, 6) is 0. The number of unbranched alkanes of at least 4 members (excludes halogenated alkanes) is 1. The Morgan fingerprint density at radius 1 is 0.947 bits per heavy atom. The Balaban J connectivity index is 4.80. The van der Waals surface area contributed by atoms with Crippen LogP contribution in [0.2, 0.25) is 0 Å². The van der Waals surface area contributed by atoms with Gasteiger partial charge in [-0.25, -0.2) is 13.2 Å². The zero-order valence-electron chi connectivity index (χ0n) is 11.7. The second kappa shape index (κ2) is 10.2. The van der Waals surface area contributed by atoms with Crippen LogP contribution in [-0.4, -0.2) is 18.9 Å². The van der Waals surface area contributed by atoms with Crippen molar-refractivity contribution < 1.29 is 26.8 Å². The molecule has 6 nitrogen and oxygen atoms in total. The van der Waals surface area contributed by atoms with E-state index in [0.717, 1.165) is 12.8 Å². The molecule has 0 heterocycles. The van der Waals surface area contributed by atoms with Crippen molar-refractivity contribution in [3.8, 4) is 0 Å². The summed E-state index contributed by atoms with van der Waals surface area (Å²) in [6, 6.07) is 0. The van der Waals surface area contributed by atoms with Crippen LogP contribution in [-0.2, 0) is 26.8 Å². The molecule has 0 aromatic rings. The minimum absolute atomic E-state index is 0.0626. The summed E-state index contributed by atoms with van der Waals surface area (Å²) in [5, 5.41) is 0. The molecule has 19 heavy (non-hydrogen) atoms. The third-order valence-corrected chi connectivity index (χ3v) is 8.01. The Hall–Kier alpha value is 0.440. The van der Waals surface area contributed by atoms with Gasteiger partial charge in [-0.1, -0.05) is 27.2 Å². The fourth-order valence-corrected chi connectivity index (χ4v) is 6.47. The molecule has 0 N–H and O–H groups in total. The van der Waals surface area contributed by atoms with Gasteiger partial charge in [-0.2, -0.15) is 0 Å². The minimum atomic E-state index is -3.63. The zero-order valence-corrected chi connectivity index (χ0v) is 14.4. The Labute approximate surface area is 116 Å². The van der Waals surface area contributed by atoms with Crippen LogP contribution in [0.4, 0.5) is 0 Å². The SMILES string of the molecule is CCCCOP(=O)(CCC)OP(=O)(CCC)OP=O. The maximum Gasteiger partial charge on any atom is 0.348 e. The molecular weight excluding hydrogens is 309 g/mol. The fraction of sp³-hybridized carbons (Fsp3) is 1.00. The molecule has 0 spiro atoms. The smallest absolute Gasteiger partial charge is 0.308 e. The fourth-order valence-electron chi connectivity index (χ4n) is 1.36. The number of hydrogen-bond donors (Lipinski definition) is 0. The molecule has 0 aromatic heterocycles. The van der Waals surface area contributed by atoms with E-state index in [9.17, 15) is 13.7 Å². The van der Waals surface area contributed by atoms with E-state index in [1.165, 1.54) is 0 Å². The molecule has 0 aliphatic rings. The van der Waals surface area contributed by atoms with Gasteiger partial charge in [0.25, 0.3) is 0 Å². The summed E-state index contributed by atoms with van der Waals surface area (Å²) in [4.78, 5) is 0. The first-order valence-corrected chi connectivity index (χ1v) is 10.7. The van der Waals surface area contributed by atoms with Gasteiger partial charge in [-0.15, -0.1) is 0 Å². The van der Waals surface area contributed by atoms with Gasteiger partial charge in [-0.05, 0) is 19.3 Å². The van der Waals surface area contributed by atoms with Crippen molar-refractivity contribution in [2.45, 2.75) is 46.5 Å². The van der Waals surface area contributed by atoms with Crippen molar-refractivity contribution in [1.82, 2.24) is 0 Å². The molecule has 114 valence electrons. The lowest BCUT2D eigenvalue weighted by atomic mass is 10.4. The molecule has 0 fully saturated rings. The third kappa shape index (κ3) is 8.34. The van der Waals surface area contributed by atoms with E-state index in [0.29, 0.717) is 12.8 Å². The molecule has 2 atom stereocenters. The van der Waals surface area contributed by atoms with Crippen molar-refractivity contribution in [2.75, 3.05) is 18.9 Å². The molecule has 0 amide bonds. The van der Waals surface area contributed by atoms with E-state index in [4.69, 9.17) is 8.83 Å². The standard InChI is InChI=1S/C10H23O6P3/c1-4-7-8-14-18(12,9-5-2)16-19(13,10-6-3)15-17-11/h4-10H2,1-3H3. The van der Waals surface area contributed by atoms with Gasteiger partial charge in [0.1, 0.15) is 0 Å². The van der Waals surface area contributed by atoms with Gasteiger partial charge in [0.2, 0.25) is 0 Å². The molecule has 0 rings (SSSR count). The predicted octanol–water partition coefficient (Wildman–Crippen LogP) is 5.25. The Bertz CT molecular complexity index is 346. The van der Waals surface area contributed by atoms with E-state index < -0.39 is 23.9 Å². The first kappa shape index (κ1) is 19.4. The van der Waals surface area contributed by atoms with Crippen LogP contribution >= 0.6 is 23.9 Å². The lowest BCUT2D eigenvalue weighted by Crippen LogP contribution is -2.02. The van der Waals surface area contributed by atoms with E-state index in [-0.39, 0.29) is 18.9 Å². The largest absolute Gasteiger partial charge is 0.348 e. The van der Waals surface area contributed by atoms with Gasteiger partial charge >= 0.3 is 23.9 Å². The average molecular weight is 332 g/mol. The minimum Gasteiger partial charge on any atom is -0.308 e. The molecule has 2 unspecified atom stereocenters. The quantitative estimate of drug-likeness (QED) is 0.359. The lowest BCUT2D eigenvalue weighted by molar-refractivity contribution is 0.252. The summed E-state index contributed by atoms with van der Waals surface area (Å²) in [5.41, 5.74) is 0. The van der Waals surface area contributed by atoms with Crippen molar-refractivity contribution in [3.63, 3.8) is 0 Å². The van der Waals surface area contributed by atoms with Gasteiger partial charge in [-0.3, -0.25) is 9.13 Å². The lowest BCUT2D eigenvalue weighted by Gasteiger charge is -2.22. The summed E-state index contributed by atoms with van der Waals surface area (Å²) in [6.45, 7) is 5.88. The number of rotatable bonds is 12. The van der Waals surface area contributed by atoms with E-state index in [1.807, 2.05) is 13.8 Å². The van der Waals surface area contributed by atoms with Crippen molar-refractivity contribution >= 4 is 23.9 Å². The van der Waals surface area contributed by atoms with Crippen LogP contribution in [0, 0.1) is 0 Å². The molecule has 0 saturated carbocycles. The molecule has 0 bridgehead atoms. The highest BCUT2D eigenvalue weighted by Gasteiger charge is 2.36. The summed E-state index contributed by atoms with van der Waals surface area (Å²) in [7, 11) is -7.84. The molecule has 0 radical (unpaired) electrons. The normalized spacial score (nSPS) is 18.1. The van der Waals surface area contributed by atoms with Crippen LogP contribution in [0.25, 0.3) is 0 Å². The second-order valence-electron chi connectivity index (χ2n) is 4.09. The highest BCUT2D eigenvalue weighted by molar-refractivity contribution is 7.69. The third-order valence-electron chi connectivity index (χ3n) is 2.19. The molecule has 0 saturated heterocycles.